The molecule has 0 aliphatic heterocycles. The zero-order valence-corrected chi connectivity index (χ0v) is 18.3. The topological polar surface area (TPSA) is 123 Å². The summed E-state index contributed by atoms with van der Waals surface area (Å²) in [6.07, 6.45) is 4.00. The molecule has 2 rings (SSSR count). The molecule has 0 spiro atoms. The minimum absolute atomic E-state index is 0.229. The van der Waals surface area contributed by atoms with Gasteiger partial charge in [0.05, 0.1) is 12.1 Å². The summed E-state index contributed by atoms with van der Waals surface area (Å²) >= 11 is 3.42. The van der Waals surface area contributed by atoms with Crippen molar-refractivity contribution in [3.05, 3.63) is 35.5 Å². The maximum Gasteiger partial charge on any atom is 0.299 e. The van der Waals surface area contributed by atoms with Crippen molar-refractivity contribution in [3.63, 3.8) is 0 Å². The number of nitrogens with zero attached hydrogens (tertiary/aromatic N) is 2. The smallest absolute Gasteiger partial charge is 0.299 e. The summed E-state index contributed by atoms with van der Waals surface area (Å²) < 4.78 is 22.8. The first kappa shape index (κ1) is 27.4. The highest BCUT2D eigenvalue weighted by molar-refractivity contribution is 7.73. The Hall–Kier alpha value is -1.62. The van der Waals surface area contributed by atoms with Gasteiger partial charge in [-0.2, -0.15) is 4.21 Å². The molecule has 29 heavy (non-hydrogen) atoms. The van der Waals surface area contributed by atoms with E-state index in [2.05, 4.69) is 29.0 Å². The van der Waals surface area contributed by atoms with E-state index in [0.717, 1.165) is 49.1 Å². The summed E-state index contributed by atoms with van der Waals surface area (Å²) in [7, 11) is 0. The summed E-state index contributed by atoms with van der Waals surface area (Å²) in [4.78, 5) is 14.6. The first-order valence-corrected chi connectivity index (χ1v) is 10.5. The van der Waals surface area contributed by atoms with Gasteiger partial charge < -0.3 is 20.1 Å². The van der Waals surface area contributed by atoms with E-state index in [1.54, 1.807) is 0 Å². The van der Waals surface area contributed by atoms with Crippen LogP contribution in [-0.2, 0) is 16.2 Å². The summed E-state index contributed by atoms with van der Waals surface area (Å²) in [5, 5.41) is 14.4. The lowest BCUT2D eigenvalue weighted by molar-refractivity contribution is -0.0980. The molecule has 0 saturated heterocycles. The van der Waals surface area contributed by atoms with Gasteiger partial charge in [0.25, 0.3) is 11.4 Å². The molecule has 0 aliphatic rings. The van der Waals surface area contributed by atoms with Crippen LogP contribution in [0.1, 0.15) is 26.7 Å². The number of aromatic nitrogens is 1. The predicted octanol–water partition coefficient (Wildman–Crippen LogP) is 3.28. The number of fused-ring (bicyclic) bond motifs is 1. The van der Waals surface area contributed by atoms with E-state index in [1.807, 2.05) is 37.3 Å². The first-order valence-electron chi connectivity index (χ1n) is 9.10. The molecule has 0 aliphatic carbocycles. The molecule has 1 atom stereocenters. The molecule has 10 heteroatoms. The number of hydrogen-bond donors (Lipinski definition) is 4. The van der Waals surface area contributed by atoms with Crippen LogP contribution >= 0.6 is 11.6 Å². The SMILES string of the molecule is C=O.CCN(CCO)CCCC(C)Nc1ccnc2cc(Cl)ccc12.O=S(O)O. The third-order valence-electron chi connectivity index (χ3n) is 4.08. The Kier molecular flexibility index (Phi) is 15.3. The van der Waals surface area contributed by atoms with Crippen molar-refractivity contribution in [2.24, 2.45) is 0 Å². The minimum atomic E-state index is -2.61. The van der Waals surface area contributed by atoms with Crippen LogP contribution in [0.4, 0.5) is 5.69 Å². The molecule has 0 radical (unpaired) electrons. The van der Waals surface area contributed by atoms with Crippen LogP contribution in [0.2, 0.25) is 5.02 Å². The molecular weight excluding hydrogens is 418 g/mol. The van der Waals surface area contributed by atoms with Crippen molar-refractivity contribution in [1.29, 1.82) is 0 Å². The van der Waals surface area contributed by atoms with Crippen molar-refractivity contribution >= 4 is 46.3 Å². The van der Waals surface area contributed by atoms with Crippen LogP contribution in [-0.4, -0.2) is 67.4 Å². The monoisotopic (exact) mass is 447 g/mol. The number of hydrogen-bond acceptors (Lipinski definition) is 6. The molecule has 4 N–H and O–H groups in total. The van der Waals surface area contributed by atoms with E-state index in [4.69, 9.17) is 34.8 Å². The zero-order chi connectivity index (χ0) is 22.2. The highest BCUT2D eigenvalue weighted by Crippen LogP contribution is 2.25. The summed E-state index contributed by atoms with van der Waals surface area (Å²) in [6.45, 7) is 9.32. The van der Waals surface area contributed by atoms with Gasteiger partial charge in [0.2, 0.25) is 0 Å². The molecule has 8 nitrogen and oxygen atoms in total. The number of anilines is 1. The number of pyridine rings is 1. The second-order valence-corrected chi connectivity index (χ2v) is 6.99. The van der Waals surface area contributed by atoms with Crippen molar-refractivity contribution < 1.29 is 23.2 Å². The van der Waals surface area contributed by atoms with Gasteiger partial charge in [-0.05, 0) is 57.1 Å². The van der Waals surface area contributed by atoms with E-state index >= 15 is 0 Å². The predicted molar refractivity (Wildman–Crippen MR) is 119 cm³/mol. The van der Waals surface area contributed by atoms with Gasteiger partial charge in [0, 0.05) is 34.9 Å². The van der Waals surface area contributed by atoms with Gasteiger partial charge in [-0.15, -0.1) is 0 Å². The Labute approximate surface area is 179 Å². The third-order valence-corrected chi connectivity index (χ3v) is 4.32. The van der Waals surface area contributed by atoms with Crippen molar-refractivity contribution in [2.45, 2.75) is 32.7 Å². The molecule has 0 saturated carbocycles. The molecule has 1 heterocycles. The van der Waals surface area contributed by atoms with Crippen LogP contribution in [0, 0.1) is 0 Å². The Morgan fingerprint density at radius 2 is 1.93 bits per heavy atom. The lowest BCUT2D eigenvalue weighted by atomic mass is 10.1. The van der Waals surface area contributed by atoms with Crippen LogP contribution in [0.25, 0.3) is 10.9 Å². The van der Waals surface area contributed by atoms with Gasteiger partial charge in [-0.3, -0.25) is 14.1 Å². The van der Waals surface area contributed by atoms with Crippen LogP contribution in [0.15, 0.2) is 30.5 Å². The average molecular weight is 448 g/mol. The fourth-order valence-corrected chi connectivity index (χ4v) is 2.94. The Balaban J connectivity index is 0.00000116. The van der Waals surface area contributed by atoms with Gasteiger partial charge in [-0.25, -0.2) is 0 Å². The molecule has 0 amide bonds. The van der Waals surface area contributed by atoms with Gasteiger partial charge >= 0.3 is 0 Å². The molecule has 1 aromatic carbocycles. The summed E-state index contributed by atoms with van der Waals surface area (Å²) in [5.41, 5.74) is 2.01. The third kappa shape index (κ3) is 11.8. The number of aliphatic hydroxyl groups is 1. The highest BCUT2D eigenvalue weighted by atomic mass is 35.5. The lowest BCUT2D eigenvalue weighted by Gasteiger charge is -2.21. The first-order chi connectivity index (χ1) is 13.9. The van der Waals surface area contributed by atoms with Gasteiger partial charge in [0.1, 0.15) is 6.79 Å². The normalized spacial score (nSPS) is 11.4. The molecule has 1 unspecified atom stereocenters. The molecule has 0 fully saturated rings. The fraction of sp³-hybridized carbons (Fsp3) is 0.474. The van der Waals surface area contributed by atoms with Crippen LogP contribution in [0.3, 0.4) is 0 Å². The minimum Gasteiger partial charge on any atom is -0.395 e. The number of carbonyl (C=O) groups is 1. The van der Waals surface area contributed by atoms with Crippen molar-refractivity contribution in [2.75, 3.05) is 31.6 Å². The van der Waals surface area contributed by atoms with Crippen LogP contribution < -0.4 is 5.32 Å². The van der Waals surface area contributed by atoms with E-state index in [-0.39, 0.29) is 6.61 Å². The maximum atomic E-state index is 9.02. The van der Waals surface area contributed by atoms with E-state index in [1.165, 1.54) is 0 Å². The number of carbonyl (C=O) groups excluding carboxylic acids is 1. The number of aliphatic hydroxyl groups excluding tert-OH is 1. The Bertz CT molecular complexity index is 734. The van der Waals surface area contributed by atoms with E-state index in [9.17, 15) is 0 Å². The van der Waals surface area contributed by atoms with E-state index in [0.29, 0.717) is 11.1 Å². The van der Waals surface area contributed by atoms with Crippen LogP contribution in [0.5, 0.6) is 0 Å². The second-order valence-electron chi connectivity index (χ2n) is 6.10. The number of likely N-dealkylation sites (N-methyl/N-ethyl adjacent to an activating group) is 1. The second kappa shape index (κ2) is 16.2. The summed E-state index contributed by atoms with van der Waals surface area (Å²) in [5.74, 6) is 0. The quantitative estimate of drug-likeness (QED) is 0.432. The molecule has 0 bridgehead atoms. The molecule has 2 aromatic rings. The molecular formula is C19H30ClN3O5S. The number of nitrogens with one attached hydrogen (secondary N) is 1. The van der Waals surface area contributed by atoms with Crippen molar-refractivity contribution in [1.82, 2.24) is 9.88 Å². The Morgan fingerprint density at radius 3 is 2.52 bits per heavy atom. The summed E-state index contributed by atoms with van der Waals surface area (Å²) in [6, 6.07) is 8.19. The Morgan fingerprint density at radius 1 is 1.28 bits per heavy atom. The van der Waals surface area contributed by atoms with Gasteiger partial charge in [-0.1, -0.05) is 18.5 Å². The number of halogens is 1. The average Bonchev–Trinajstić information content (AvgIpc) is 2.68. The molecule has 1 aromatic heterocycles. The van der Waals surface area contributed by atoms with E-state index < -0.39 is 11.4 Å². The number of rotatable bonds is 9. The number of benzene rings is 1. The zero-order valence-electron chi connectivity index (χ0n) is 16.8. The molecule has 164 valence electrons. The maximum absolute atomic E-state index is 9.02. The van der Waals surface area contributed by atoms with Gasteiger partial charge in [0.15, 0.2) is 0 Å². The standard InChI is InChI=1S/C18H26ClN3O.CH2O.H2O3S/c1-3-22(11-12-23)10-4-5-14(2)21-17-8-9-20-18-13-15(19)6-7-16(17)18;1-2;1-4(2)3/h6-9,13-14,23H,3-5,10-12H2,1-2H3,(H,20,21);1H2;(H2,1,2,3). The lowest BCUT2D eigenvalue weighted by Crippen LogP contribution is -2.28. The largest absolute Gasteiger partial charge is 0.395 e. The van der Waals surface area contributed by atoms with Crippen molar-refractivity contribution in [3.8, 4) is 0 Å². The fourth-order valence-electron chi connectivity index (χ4n) is 2.78. The highest BCUT2D eigenvalue weighted by Gasteiger charge is 2.08.